The van der Waals surface area contributed by atoms with Crippen LogP contribution in [0.25, 0.3) is 0 Å². The highest BCUT2D eigenvalue weighted by Crippen LogP contribution is 2.32. The predicted octanol–water partition coefficient (Wildman–Crippen LogP) is 4.29. The third-order valence-electron chi connectivity index (χ3n) is 3.68. The van der Waals surface area contributed by atoms with Crippen molar-refractivity contribution >= 4 is 8.80 Å². The van der Waals surface area contributed by atoms with Crippen molar-refractivity contribution in [1.82, 2.24) is 0 Å². The van der Waals surface area contributed by atoms with Gasteiger partial charge in [0.1, 0.15) is 0 Å². The van der Waals surface area contributed by atoms with E-state index in [0.29, 0.717) is 33.0 Å². The van der Waals surface area contributed by atoms with E-state index >= 15 is 0 Å². The zero-order chi connectivity index (χ0) is 19.0. The molecule has 152 valence electrons. The molecule has 0 spiro atoms. The summed E-state index contributed by atoms with van der Waals surface area (Å²) in [5.41, 5.74) is -1.42. The van der Waals surface area contributed by atoms with Crippen molar-refractivity contribution < 1.29 is 27.5 Å². The van der Waals surface area contributed by atoms with Crippen LogP contribution in [0.4, 0.5) is 0 Å². The first-order chi connectivity index (χ1) is 12.1. The van der Waals surface area contributed by atoms with Crippen molar-refractivity contribution in [2.75, 3.05) is 40.1 Å². The maximum absolute atomic E-state index is 6.24. The fraction of sp³-hybridized carbons (Fsp3) is 1.00. The van der Waals surface area contributed by atoms with Gasteiger partial charge in [0.2, 0.25) is 0 Å². The fourth-order valence-electron chi connectivity index (χ4n) is 2.28. The molecule has 7 heteroatoms. The maximum atomic E-state index is 6.24. The smallest absolute Gasteiger partial charge is 0.369 e. The first-order valence-corrected chi connectivity index (χ1v) is 11.6. The highest BCUT2D eigenvalue weighted by Gasteiger charge is 2.66. The van der Waals surface area contributed by atoms with Crippen molar-refractivity contribution in [2.45, 2.75) is 78.7 Å². The molecule has 0 aliphatic rings. The number of hydrogen-bond acceptors (Lipinski definition) is 6. The van der Waals surface area contributed by atoms with Crippen LogP contribution in [-0.2, 0) is 27.5 Å². The van der Waals surface area contributed by atoms with Gasteiger partial charge in [-0.2, -0.15) is 0 Å². The summed E-state index contributed by atoms with van der Waals surface area (Å²) in [4.78, 5) is 0. The van der Waals surface area contributed by atoms with Crippen LogP contribution in [0.1, 0.15) is 73.1 Å². The Labute approximate surface area is 155 Å². The van der Waals surface area contributed by atoms with Crippen LogP contribution >= 0.6 is 0 Å². The minimum atomic E-state index is -3.40. The van der Waals surface area contributed by atoms with Crippen LogP contribution in [0.5, 0.6) is 0 Å². The van der Waals surface area contributed by atoms with E-state index in [2.05, 4.69) is 20.8 Å². The van der Waals surface area contributed by atoms with Gasteiger partial charge in [-0.25, -0.2) is 0 Å². The molecule has 0 rings (SSSR count). The lowest BCUT2D eigenvalue weighted by atomic mass is 10.4. The molecule has 0 atom stereocenters. The molecule has 0 aromatic rings. The minimum absolute atomic E-state index is 0.411. The second-order valence-corrected chi connectivity index (χ2v) is 8.38. The van der Waals surface area contributed by atoms with Gasteiger partial charge >= 0.3 is 14.4 Å². The van der Waals surface area contributed by atoms with Crippen molar-refractivity contribution in [3.05, 3.63) is 0 Å². The zero-order valence-corrected chi connectivity index (χ0v) is 18.2. The molecule has 0 fully saturated rings. The van der Waals surface area contributed by atoms with Crippen LogP contribution in [0.15, 0.2) is 0 Å². The first kappa shape index (κ1) is 25.0. The van der Waals surface area contributed by atoms with Gasteiger partial charge in [-0.3, -0.25) is 0 Å². The molecule has 0 aromatic carbocycles. The molecule has 0 aliphatic heterocycles. The first-order valence-electron chi connectivity index (χ1n) is 9.86. The SMILES string of the molecule is CCCCO[Si](OCCCC)(OCCCC)C(OC)(OCC)OCC. The molecule has 0 saturated heterocycles. The Bertz CT molecular complexity index is 271. The van der Waals surface area contributed by atoms with Gasteiger partial charge in [0.05, 0.1) is 0 Å². The molecule has 0 aliphatic carbocycles. The van der Waals surface area contributed by atoms with Crippen LogP contribution in [0.2, 0.25) is 0 Å². The van der Waals surface area contributed by atoms with E-state index in [1.807, 2.05) is 13.8 Å². The Morgan fingerprint density at radius 1 is 0.640 bits per heavy atom. The van der Waals surface area contributed by atoms with Crippen molar-refractivity contribution in [2.24, 2.45) is 0 Å². The van der Waals surface area contributed by atoms with E-state index in [0.717, 1.165) is 38.5 Å². The van der Waals surface area contributed by atoms with Gasteiger partial charge in [-0.1, -0.05) is 40.0 Å². The van der Waals surface area contributed by atoms with Crippen LogP contribution in [-0.4, -0.2) is 54.5 Å². The summed E-state index contributed by atoms with van der Waals surface area (Å²) in [7, 11) is -1.84. The summed E-state index contributed by atoms with van der Waals surface area (Å²) < 4.78 is 36.3. The summed E-state index contributed by atoms with van der Waals surface area (Å²) in [6, 6.07) is 0. The highest BCUT2D eigenvalue weighted by molar-refractivity contribution is 6.63. The standard InChI is InChI=1S/C18H40O6Si/c1-7-12-15-22-25(23-16-13-8-2,24-17-14-9-3)18(19-6,20-10-4)21-11-5/h7-17H2,1-6H3. The molecule has 0 aromatic heterocycles. The van der Waals surface area contributed by atoms with Crippen LogP contribution < -0.4 is 0 Å². The molecule has 0 amide bonds. The molecule has 0 unspecified atom stereocenters. The fourth-order valence-corrected chi connectivity index (χ4v) is 5.20. The molecular weight excluding hydrogens is 340 g/mol. The van der Waals surface area contributed by atoms with Gasteiger partial charge in [-0.15, -0.1) is 0 Å². The minimum Gasteiger partial charge on any atom is -0.369 e. The van der Waals surface area contributed by atoms with E-state index in [-0.39, 0.29) is 0 Å². The van der Waals surface area contributed by atoms with E-state index in [1.54, 1.807) is 7.11 Å². The molecule has 0 bridgehead atoms. The number of hydrogen-bond donors (Lipinski definition) is 0. The molecule has 0 N–H and O–H groups in total. The lowest BCUT2D eigenvalue weighted by Gasteiger charge is -2.42. The Kier molecular flexibility index (Phi) is 15.1. The normalized spacial score (nSPS) is 12.7. The largest absolute Gasteiger partial charge is 0.596 e. The highest BCUT2D eigenvalue weighted by atomic mass is 28.4. The number of methoxy groups -OCH3 is 1. The lowest BCUT2D eigenvalue weighted by Crippen LogP contribution is -2.69. The predicted molar refractivity (Wildman–Crippen MR) is 101 cm³/mol. The van der Waals surface area contributed by atoms with Gasteiger partial charge in [0.15, 0.2) is 0 Å². The third kappa shape index (κ3) is 8.03. The van der Waals surface area contributed by atoms with Crippen LogP contribution in [0, 0.1) is 0 Å². The average molecular weight is 381 g/mol. The van der Waals surface area contributed by atoms with Gasteiger partial charge in [-0.05, 0) is 33.1 Å². The molecular formula is C18H40O6Si. The van der Waals surface area contributed by atoms with Crippen molar-refractivity contribution in [1.29, 1.82) is 0 Å². The summed E-state index contributed by atoms with van der Waals surface area (Å²) >= 11 is 0. The summed E-state index contributed by atoms with van der Waals surface area (Å²) in [6.45, 7) is 12.6. The summed E-state index contributed by atoms with van der Waals surface area (Å²) in [5, 5.41) is 0. The second-order valence-electron chi connectivity index (χ2n) is 5.79. The summed E-state index contributed by atoms with van der Waals surface area (Å²) in [6.07, 6.45) is 5.83. The lowest BCUT2D eigenvalue weighted by molar-refractivity contribution is -0.346. The van der Waals surface area contributed by atoms with E-state index in [4.69, 9.17) is 27.5 Å². The van der Waals surface area contributed by atoms with Gasteiger partial charge < -0.3 is 27.5 Å². The Morgan fingerprint density at radius 3 is 1.24 bits per heavy atom. The van der Waals surface area contributed by atoms with Crippen molar-refractivity contribution in [3.63, 3.8) is 0 Å². The average Bonchev–Trinajstić information content (AvgIpc) is 2.61. The topological polar surface area (TPSA) is 55.4 Å². The van der Waals surface area contributed by atoms with E-state index < -0.39 is 14.4 Å². The zero-order valence-electron chi connectivity index (χ0n) is 17.2. The molecule has 6 nitrogen and oxygen atoms in total. The number of rotatable bonds is 18. The van der Waals surface area contributed by atoms with Gasteiger partial charge in [0, 0.05) is 40.1 Å². The molecule has 0 heterocycles. The number of ether oxygens (including phenoxy) is 3. The van der Waals surface area contributed by atoms with Crippen molar-refractivity contribution in [3.8, 4) is 0 Å². The monoisotopic (exact) mass is 380 g/mol. The number of unbranched alkanes of at least 4 members (excludes halogenated alkanes) is 3. The quantitative estimate of drug-likeness (QED) is 0.201. The summed E-state index contributed by atoms with van der Waals surface area (Å²) in [5.74, 6) is 0. The molecule has 25 heavy (non-hydrogen) atoms. The Morgan fingerprint density at radius 2 is 1.00 bits per heavy atom. The second kappa shape index (κ2) is 15.1. The molecule has 0 saturated carbocycles. The molecule has 0 radical (unpaired) electrons. The van der Waals surface area contributed by atoms with E-state index in [9.17, 15) is 0 Å². The maximum Gasteiger partial charge on any atom is 0.596 e. The Hall–Kier alpha value is -0.0231. The third-order valence-corrected chi connectivity index (χ3v) is 6.68. The van der Waals surface area contributed by atoms with Crippen LogP contribution in [0.3, 0.4) is 0 Å². The Balaban J connectivity index is 5.64. The van der Waals surface area contributed by atoms with E-state index in [1.165, 1.54) is 0 Å². The van der Waals surface area contributed by atoms with Gasteiger partial charge in [0.25, 0.3) is 0 Å².